The molecule has 3 aromatic rings. The normalized spacial score (nSPS) is 10.7. The molecule has 0 amide bonds. The van der Waals surface area contributed by atoms with Gasteiger partial charge in [-0.2, -0.15) is 0 Å². The van der Waals surface area contributed by atoms with Crippen LogP contribution in [0.4, 0.5) is 0 Å². The maximum absolute atomic E-state index is 12.6. The summed E-state index contributed by atoms with van der Waals surface area (Å²) >= 11 is 0. The summed E-state index contributed by atoms with van der Waals surface area (Å²) in [6.07, 6.45) is 1.74. The number of hydrogen-bond donors (Lipinski definition) is 0. The fourth-order valence-corrected chi connectivity index (χ4v) is 2.58. The first-order valence-corrected chi connectivity index (χ1v) is 7.54. The van der Waals surface area contributed by atoms with Crippen molar-refractivity contribution in [1.29, 1.82) is 0 Å². The summed E-state index contributed by atoms with van der Waals surface area (Å²) in [5.74, 6) is -0.803. The molecule has 0 atom stereocenters. The molecule has 5 nitrogen and oxygen atoms in total. The third kappa shape index (κ3) is 3.21. The van der Waals surface area contributed by atoms with Gasteiger partial charge in [0, 0.05) is 11.7 Å². The second kappa shape index (κ2) is 7.10. The number of fused-ring (bicyclic) bond motifs is 1. The average molecular weight is 323 g/mol. The zero-order valence-electron chi connectivity index (χ0n) is 13.3. The highest BCUT2D eigenvalue weighted by Crippen LogP contribution is 2.19. The lowest BCUT2D eigenvalue weighted by Gasteiger charge is -2.06. The van der Waals surface area contributed by atoms with E-state index in [1.165, 1.54) is 7.11 Å². The van der Waals surface area contributed by atoms with E-state index in [9.17, 15) is 9.59 Å². The van der Waals surface area contributed by atoms with Crippen molar-refractivity contribution < 1.29 is 19.1 Å². The molecule has 3 rings (SSSR count). The van der Waals surface area contributed by atoms with E-state index in [1.807, 2.05) is 42.5 Å². The van der Waals surface area contributed by atoms with Crippen LogP contribution in [0, 0.1) is 0 Å². The van der Waals surface area contributed by atoms with Crippen molar-refractivity contribution in [3.8, 4) is 0 Å². The van der Waals surface area contributed by atoms with Gasteiger partial charge in [-0.3, -0.25) is 4.79 Å². The minimum atomic E-state index is -0.537. The number of ketones is 1. The minimum Gasteiger partial charge on any atom is -0.465 e. The van der Waals surface area contributed by atoms with Crippen molar-refractivity contribution in [3.63, 3.8) is 0 Å². The Morgan fingerprint density at radius 3 is 2.54 bits per heavy atom. The molecule has 0 aliphatic heterocycles. The van der Waals surface area contributed by atoms with Crippen LogP contribution in [0.15, 0.2) is 60.8 Å². The molecule has 0 radical (unpaired) electrons. The summed E-state index contributed by atoms with van der Waals surface area (Å²) in [5, 5.41) is 0. The number of aromatic nitrogens is 1. The maximum atomic E-state index is 12.6. The average Bonchev–Trinajstić information content (AvgIpc) is 3.01. The van der Waals surface area contributed by atoms with Gasteiger partial charge in [-0.15, -0.1) is 0 Å². The molecule has 0 aliphatic carbocycles. The number of ether oxygens (including phenoxy) is 2. The number of methoxy groups -OCH3 is 1. The van der Waals surface area contributed by atoms with E-state index in [2.05, 4.69) is 0 Å². The lowest BCUT2D eigenvalue weighted by Crippen LogP contribution is -2.16. The first kappa shape index (κ1) is 16.0. The zero-order valence-corrected chi connectivity index (χ0v) is 13.3. The number of rotatable bonds is 6. The van der Waals surface area contributed by atoms with E-state index < -0.39 is 5.97 Å². The zero-order chi connectivity index (χ0) is 16.9. The Morgan fingerprint density at radius 1 is 1.04 bits per heavy atom. The molecule has 24 heavy (non-hydrogen) atoms. The summed E-state index contributed by atoms with van der Waals surface area (Å²) in [4.78, 5) is 24.6. The van der Waals surface area contributed by atoms with Gasteiger partial charge in [-0.05, 0) is 23.8 Å². The topological polar surface area (TPSA) is 57.0 Å². The molecule has 0 bridgehead atoms. The van der Waals surface area contributed by atoms with Gasteiger partial charge in [0.2, 0.25) is 5.78 Å². The van der Waals surface area contributed by atoms with Crippen molar-refractivity contribution in [1.82, 2.24) is 4.40 Å². The van der Waals surface area contributed by atoms with Gasteiger partial charge in [0.05, 0.1) is 19.3 Å². The van der Waals surface area contributed by atoms with Gasteiger partial charge in [0.25, 0.3) is 0 Å². The number of hydrogen-bond acceptors (Lipinski definition) is 4. The minimum absolute atomic E-state index is 0.111. The second-order valence-corrected chi connectivity index (χ2v) is 5.30. The van der Waals surface area contributed by atoms with Crippen LogP contribution < -0.4 is 0 Å². The van der Waals surface area contributed by atoms with Crippen molar-refractivity contribution in [3.05, 3.63) is 77.6 Å². The highest BCUT2D eigenvalue weighted by atomic mass is 16.5. The maximum Gasteiger partial charge on any atom is 0.340 e. The van der Waals surface area contributed by atoms with E-state index >= 15 is 0 Å². The Labute approximate surface area is 139 Å². The molecule has 2 aromatic heterocycles. The molecule has 1 aromatic carbocycles. The number of carbonyl (C=O) groups excluding carboxylic acids is 2. The van der Waals surface area contributed by atoms with Crippen LogP contribution in [-0.4, -0.2) is 29.9 Å². The van der Waals surface area contributed by atoms with E-state index in [-0.39, 0.29) is 23.6 Å². The highest BCUT2D eigenvalue weighted by Gasteiger charge is 2.22. The molecule has 0 saturated carbocycles. The monoisotopic (exact) mass is 323 g/mol. The molecule has 0 N–H and O–H groups in total. The number of carbonyl (C=O) groups is 2. The van der Waals surface area contributed by atoms with Crippen LogP contribution in [0.3, 0.4) is 0 Å². The van der Waals surface area contributed by atoms with Crippen molar-refractivity contribution in [2.24, 2.45) is 0 Å². The third-order valence-electron chi connectivity index (χ3n) is 3.69. The number of Topliss-reactive ketones (excluding diaryl/α,β-unsaturated/α-hetero) is 1. The van der Waals surface area contributed by atoms with E-state index in [0.717, 1.165) is 11.1 Å². The molecular weight excluding hydrogens is 306 g/mol. The molecule has 0 unspecified atom stereocenters. The Morgan fingerprint density at radius 2 is 1.79 bits per heavy atom. The van der Waals surface area contributed by atoms with Crippen LogP contribution in [0.2, 0.25) is 0 Å². The molecule has 0 spiro atoms. The number of esters is 1. The Hall–Kier alpha value is -2.92. The third-order valence-corrected chi connectivity index (χ3v) is 3.69. The summed E-state index contributed by atoms with van der Waals surface area (Å²) in [6, 6.07) is 16.7. The second-order valence-electron chi connectivity index (χ2n) is 5.30. The van der Waals surface area contributed by atoms with Gasteiger partial charge in [0.1, 0.15) is 12.3 Å². The predicted molar refractivity (Wildman–Crippen MR) is 89.2 cm³/mol. The fraction of sp³-hybridized carbons (Fsp3) is 0.158. The first-order valence-electron chi connectivity index (χ1n) is 7.54. The van der Waals surface area contributed by atoms with Gasteiger partial charge < -0.3 is 13.9 Å². The molecule has 2 heterocycles. The number of pyridine rings is 1. The lowest BCUT2D eigenvalue weighted by molar-refractivity contribution is 0.0590. The number of benzene rings is 1. The highest BCUT2D eigenvalue weighted by molar-refractivity contribution is 6.07. The Balaban J connectivity index is 1.82. The lowest BCUT2D eigenvalue weighted by atomic mass is 10.2. The number of nitrogens with zero attached hydrogens (tertiary/aromatic N) is 1. The van der Waals surface area contributed by atoms with Crippen LogP contribution in [-0.2, 0) is 16.1 Å². The quantitative estimate of drug-likeness (QED) is 0.516. The fourth-order valence-electron chi connectivity index (χ4n) is 2.58. The molecular formula is C19H17NO4. The Bertz CT molecular complexity index is 867. The first-order chi connectivity index (χ1) is 11.7. The largest absolute Gasteiger partial charge is 0.465 e. The molecule has 0 aliphatic rings. The molecule has 122 valence electrons. The van der Waals surface area contributed by atoms with Crippen molar-refractivity contribution in [2.75, 3.05) is 13.7 Å². The van der Waals surface area contributed by atoms with Crippen molar-refractivity contribution >= 4 is 17.3 Å². The van der Waals surface area contributed by atoms with E-state index in [1.54, 1.807) is 22.7 Å². The van der Waals surface area contributed by atoms with Crippen LogP contribution in [0.25, 0.3) is 5.52 Å². The molecule has 0 fully saturated rings. The van der Waals surface area contributed by atoms with Gasteiger partial charge in [0.15, 0.2) is 0 Å². The van der Waals surface area contributed by atoms with Crippen LogP contribution in [0.5, 0.6) is 0 Å². The van der Waals surface area contributed by atoms with Crippen molar-refractivity contribution in [2.45, 2.75) is 6.61 Å². The summed E-state index contributed by atoms with van der Waals surface area (Å²) in [7, 11) is 1.30. The van der Waals surface area contributed by atoms with Crippen LogP contribution >= 0.6 is 0 Å². The SMILES string of the molecule is COC(=O)c1cc2ccccn2c1C(=O)COCc1ccccc1. The van der Waals surface area contributed by atoms with E-state index in [0.29, 0.717) is 6.61 Å². The summed E-state index contributed by atoms with van der Waals surface area (Å²) in [6.45, 7) is 0.226. The van der Waals surface area contributed by atoms with Crippen LogP contribution in [0.1, 0.15) is 26.4 Å². The Kier molecular flexibility index (Phi) is 4.72. The predicted octanol–water partition coefficient (Wildman–Crippen LogP) is 3.13. The van der Waals surface area contributed by atoms with E-state index in [4.69, 9.17) is 9.47 Å². The summed E-state index contributed by atoms with van der Waals surface area (Å²) in [5.41, 5.74) is 2.27. The standard InChI is InChI=1S/C19H17NO4/c1-23-19(22)16-11-15-9-5-6-10-20(15)18(16)17(21)13-24-12-14-7-3-2-4-8-14/h2-11H,12-13H2,1H3. The van der Waals surface area contributed by atoms with Gasteiger partial charge in [-0.25, -0.2) is 4.79 Å². The van der Waals surface area contributed by atoms with Gasteiger partial charge >= 0.3 is 5.97 Å². The summed E-state index contributed by atoms with van der Waals surface area (Å²) < 4.78 is 12.0. The molecule has 5 heteroatoms. The van der Waals surface area contributed by atoms with Gasteiger partial charge in [-0.1, -0.05) is 36.4 Å². The smallest absolute Gasteiger partial charge is 0.340 e. The molecule has 0 saturated heterocycles.